The van der Waals surface area contributed by atoms with Gasteiger partial charge in [0, 0.05) is 24.8 Å². The van der Waals surface area contributed by atoms with E-state index in [0.717, 1.165) is 24.1 Å². The number of aliphatic hydroxyl groups excluding tert-OH is 1. The summed E-state index contributed by atoms with van der Waals surface area (Å²) in [4.78, 5) is 1.98. The van der Waals surface area contributed by atoms with Crippen molar-refractivity contribution in [2.45, 2.75) is 38.3 Å². The highest BCUT2D eigenvalue weighted by atomic mass is 35.5. The molecule has 3 N–H and O–H groups in total. The quantitative estimate of drug-likeness (QED) is 0.847. The van der Waals surface area contributed by atoms with Gasteiger partial charge in [-0.2, -0.15) is 0 Å². The molecule has 3 nitrogen and oxygen atoms in total. The summed E-state index contributed by atoms with van der Waals surface area (Å²) in [5, 5.41) is 10.6. The molecule has 0 aromatic heterocycles. The Morgan fingerprint density at radius 2 is 2.00 bits per heavy atom. The highest BCUT2D eigenvalue weighted by Gasteiger charge is 2.19. The second-order valence-corrected chi connectivity index (χ2v) is 5.24. The number of anilines is 1. The standard InChI is InChI=1S/C14H23ClN2O.ClH/c1-4-5-6-13(18)14(16)11-8-7-10(17(2)3)9-12(11)15;/h7-9,13-14,18H,4-6,16H2,1-3H3;1H/t13-,14+;/m0./s1. The number of nitrogens with two attached hydrogens (primary N) is 1. The third-order valence-corrected chi connectivity index (χ3v) is 3.45. The van der Waals surface area contributed by atoms with Crippen molar-refractivity contribution in [3.8, 4) is 0 Å². The van der Waals surface area contributed by atoms with Crippen LogP contribution in [0.25, 0.3) is 0 Å². The first kappa shape index (κ1) is 18.5. The van der Waals surface area contributed by atoms with Crippen LogP contribution >= 0.6 is 24.0 Å². The number of rotatable bonds is 6. The largest absolute Gasteiger partial charge is 0.391 e. The lowest BCUT2D eigenvalue weighted by Crippen LogP contribution is -2.26. The van der Waals surface area contributed by atoms with E-state index < -0.39 is 12.1 Å². The number of aliphatic hydroxyl groups is 1. The predicted molar refractivity (Wildman–Crippen MR) is 85.5 cm³/mol. The topological polar surface area (TPSA) is 49.5 Å². The van der Waals surface area contributed by atoms with Crippen molar-refractivity contribution >= 4 is 29.7 Å². The molecule has 0 aliphatic rings. The number of halogens is 2. The fraction of sp³-hybridized carbons (Fsp3) is 0.571. The van der Waals surface area contributed by atoms with Crippen molar-refractivity contribution in [3.63, 3.8) is 0 Å². The molecule has 0 heterocycles. The van der Waals surface area contributed by atoms with Crippen LogP contribution in [0.15, 0.2) is 18.2 Å². The van der Waals surface area contributed by atoms with E-state index in [4.69, 9.17) is 17.3 Å². The molecule has 0 amide bonds. The molecule has 0 bridgehead atoms. The van der Waals surface area contributed by atoms with Crippen molar-refractivity contribution in [1.82, 2.24) is 0 Å². The molecule has 2 atom stereocenters. The monoisotopic (exact) mass is 306 g/mol. The van der Waals surface area contributed by atoms with E-state index in [-0.39, 0.29) is 12.4 Å². The van der Waals surface area contributed by atoms with Gasteiger partial charge in [-0.05, 0) is 24.1 Å². The molecule has 1 aromatic rings. The van der Waals surface area contributed by atoms with Gasteiger partial charge in [-0.15, -0.1) is 12.4 Å². The van der Waals surface area contributed by atoms with Gasteiger partial charge in [0.15, 0.2) is 0 Å². The van der Waals surface area contributed by atoms with Crippen LogP contribution in [0.2, 0.25) is 5.02 Å². The summed E-state index contributed by atoms with van der Waals surface area (Å²) in [5.74, 6) is 0. The number of nitrogens with zero attached hydrogens (tertiary/aromatic N) is 1. The van der Waals surface area contributed by atoms with Gasteiger partial charge in [0.1, 0.15) is 0 Å². The van der Waals surface area contributed by atoms with Gasteiger partial charge in [0.2, 0.25) is 0 Å². The zero-order chi connectivity index (χ0) is 13.7. The van der Waals surface area contributed by atoms with Gasteiger partial charge in [0.25, 0.3) is 0 Å². The number of unbranched alkanes of at least 4 members (excludes halogenated alkanes) is 1. The summed E-state index contributed by atoms with van der Waals surface area (Å²) in [6.07, 6.45) is 2.20. The van der Waals surface area contributed by atoms with Crippen LogP contribution in [0.4, 0.5) is 5.69 Å². The lowest BCUT2D eigenvalue weighted by Gasteiger charge is -2.21. The summed E-state index contributed by atoms with van der Waals surface area (Å²) in [7, 11) is 3.92. The molecule has 0 saturated heterocycles. The smallest absolute Gasteiger partial charge is 0.0733 e. The van der Waals surface area contributed by atoms with Gasteiger partial charge in [-0.3, -0.25) is 0 Å². The Balaban J connectivity index is 0.00000324. The first-order valence-electron chi connectivity index (χ1n) is 6.37. The molecule has 1 aromatic carbocycles. The fourth-order valence-corrected chi connectivity index (χ4v) is 2.17. The van der Waals surface area contributed by atoms with Crippen molar-refractivity contribution in [2.75, 3.05) is 19.0 Å². The van der Waals surface area contributed by atoms with E-state index in [1.165, 1.54) is 0 Å². The highest BCUT2D eigenvalue weighted by Crippen LogP contribution is 2.29. The fourth-order valence-electron chi connectivity index (χ4n) is 1.86. The van der Waals surface area contributed by atoms with Gasteiger partial charge < -0.3 is 15.7 Å². The van der Waals surface area contributed by atoms with Crippen LogP contribution in [0.1, 0.15) is 37.8 Å². The Morgan fingerprint density at radius 3 is 2.47 bits per heavy atom. The Morgan fingerprint density at radius 1 is 1.37 bits per heavy atom. The molecule has 0 aliphatic heterocycles. The van der Waals surface area contributed by atoms with Crippen molar-refractivity contribution in [3.05, 3.63) is 28.8 Å². The van der Waals surface area contributed by atoms with Crippen LogP contribution in [-0.4, -0.2) is 25.3 Å². The normalized spacial score (nSPS) is 13.6. The lowest BCUT2D eigenvalue weighted by molar-refractivity contribution is 0.132. The van der Waals surface area contributed by atoms with Gasteiger partial charge in [0.05, 0.1) is 12.1 Å². The minimum Gasteiger partial charge on any atom is -0.391 e. The Bertz CT molecular complexity index is 386. The molecule has 110 valence electrons. The molecule has 0 saturated carbocycles. The van der Waals surface area contributed by atoms with Crippen LogP contribution in [-0.2, 0) is 0 Å². The maximum absolute atomic E-state index is 10.0. The van der Waals surface area contributed by atoms with Crippen molar-refractivity contribution < 1.29 is 5.11 Å². The van der Waals surface area contributed by atoms with Crippen LogP contribution in [0.3, 0.4) is 0 Å². The Hall–Kier alpha value is -0.480. The molecular weight excluding hydrogens is 283 g/mol. The average molecular weight is 307 g/mol. The Labute approximate surface area is 127 Å². The zero-order valence-corrected chi connectivity index (χ0v) is 13.3. The molecule has 1 rings (SSSR count). The second-order valence-electron chi connectivity index (χ2n) is 4.84. The molecule has 5 heteroatoms. The first-order valence-corrected chi connectivity index (χ1v) is 6.75. The molecule has 19 heavy (non-hydrogen) atoms. The van der Waals surface area contributed by atoms with E-state index in [9.17, 15) is 5.11 Å². The molecule has 0 fully saturated rings. The van der Waals surface area contributed by atoms with Crippen LogP contribution < -0.4 is 10.6 Å². The first-order chi connectivity index (χ1) is 8.47. The van der Waals surface area contributed by atoms with Crippen LogP contribution in [0, 0.1) is 0 Å². The third-order valence-electron chi connectivity index (χ3n) is 3.13. The molecule has 0 spiro atoms. The number of hydrogen-bond acceptors (Lipinski definition) is 3. The van der Waals surface area contributed by atoms with Crippen molar-refractivity contribution in [1.29, 1.82) is 0 Å². The molecule has 0 radical (unpaired) electrons. The van der Waals surface area contributed by atoms with E-state index >= 15 is 0 Å². The average Bonchev–Trinajstić information content (AvgIpc) is 2.34. The zero-order valence-electron chi connectivity index (χ0n) is 11.8. The minimum atomic E-state index is -0.535. The molecular formula is C14H24Cl2N2O. The second kappa shape index (κ2) is 8.64. The van der Waals surface area contributed by atoms with Gasteiger partial charge >= 0.3 is 0 Å². The number of hydrogen-bond donors (Lipinski definition) is 2. The van der Waals surface area contributed by atoms with Crippen molar-refractivity contribution in [2.24, 2.45) is 5.73 Å². The summed E-state index contributed by atoms with van der Waals surface area (Å²) in [6.45, 7) is 2.09. The molecule has 0 unspecified atom stereocenters. The van der Waals surface area contributed by atoms with E-state index in [1.807, 2.05) is 37.2 Å². The third kappa shape index (κ3) is 5.19. The van der Waals surface area contributed by atoms with Crippen LogP contribution in [0.5, 0.6) is 0 Å². The Kier molecular flexibility index (Phi) is 8.42. The summed E-state index contributed by atoms with van der Waals surface area (Å²) in [5.41, 5.74) is 7.90. The highest BCUT2D eigenvalue weighted by molar-refractivity contribution is 6.31. The van der Waals surface area contributed by atoms with E-state index in [1.54, 1.807) is 0 Å². The van der Waals surface area contributed by atoms with Gasteiger partial charge in [-0.25, -0.2) is 0 Å². The summed E-state index contributed by atoms with van der Waals surface area (Å²) in [6, 6.07) is 5.33. The summed E-state index contributed by atoms with van der Waals surface area (Å²) >= 11 is 6.23. The SMILES string of the molecule is CCCC[C@H](O)[C@H](N)c1ccc(N(C)C)cc1Cl.Cl. The van der Waals surface area contributed by atoms with Gasteiger partial charge in [-0.1, -0.05) is 37.4 Å². The lowest BCUT2D eigenvalue weighted by atomic mass is 9.98. The molecule has 0 aliphatic carbocycles. The maximum atomic E-state index is 10.0. The van der Waals surface area contributed by atoms with E-state index in [0.29, 0.717) is 11.4 Å². The van der Waals surface area contributed by atoms with E-state index in [2.05, 4.69) is 6.92 Å². The minimum absolute atomic E-state index is 0. The maximum Gasteiger partial charge on any atom is 0.0733 e. The predicted octanol–water partition coefficient (Wildman–Crippen LogP) is 3.38. The summed E-state index contributed by atoms with van der Waals surface area (Å²) < 4.78 is 0. The number of benzene rings is 1.